The van der Waals surface area contributed by atoms with Crippen molar-refractivity contribution in [2.45, 2.75) is 40.5 Å². The lowest BCUT2D eigenvalue weighted by atomic mass is 9.99. The van der Waals surface area contributed by atoms with Crippen LogP contribution in [0.5, 0.6) is 5.75 Å². The number of hydrogen-bond donors (Lipinski definition) is 0. The fraction of sp³-hybridized carbons (Fsp3) is 0.276. The van der Waals surface area contributed by atoms with Crippen LogP contribution in [0.4, 0.5) is 4.39 Å². The monoisotopic (exact) mass is 522 g/mol. The van der Waals surface area contributed by atoms with E-state index in [0.29, 0.717) is 46.0 Å². The molecule has 4 aromatic rings. The van der Waals surface area contributed by atoms with Crippen LogP contribution in [0.2, 0.25) is 5.15 Å². The number of hydrogen-bond acceptors (Lipinski definition) is 5. The van der Waals surface area contributed by atoms with Gasteiger partial charge in [0.2, 0.25) is 0 Å². The third kappa shape index (κ3) is 4.96. The van der Waals surface area contributed by atoms with Gasteiger partial charge in [-0.1, -0.05) is 43.1 Å². The molecule has 0 amide bonds. The van der Waals surface area contributed by atoms with Crippen molar-refractivity contribution in [3.63, 3.8) is 0 Å². The second-order valence-corrected chi connectivity index (χ2v) is 9.32. The molecule has 0 saturated carbocycles. The fourth-order valence-electron chi connectivity index (χ4n) is 4.29. The summed E-state index contributed by atoms with van der Waals surface area (Å²) in [5.41, 5.74) is 5.01. The van der Waals surface area contributed by atoms with E-state index >= 15 is 4.39 Å². The van der Waals surface area contributed by atoms with E-state index < -0.39 is 11.8 Å². The maximum absolute atomic E-state index is 15.2. The lowest BCUT2D eigenvalue weighted by molar-refractivity contribution is -0.135. The molecule has 0 aliphatic carbocycles. The van der Waals surface area contributed by atoms with Gasteiger partial charge in [-0.25, -0.2) is 14.2 Å². The Morgan fingerprint density at radius 3 is 2.51 bits per heavy atom. The highest BCUT2D eigenvalue weighted by molar-refractivity contribution is 6.45. The van der Waals surface area contributed by atoms with E-state index in [0.717, 1.165) is 31.1 Å². The molecule has 192 valence electrons. The van der Waals surface area contributed by atoms with Crippen LogP contribution in [0.15, 0.2) is 42.6 Å². The molecule has 8 heteroatoms. The number of pyridine rings is 1. The van der Waals surface area contributed by atoms with E-state index in [4.69, 9.17) is 21.3 Å². The third-order valence-electron chi connectivity index (χ3n) is 6.40. The Labute approximate surface area is 220 Å². The summed E-state index contributed by atoms with van der Waals surface area (Å²) in [5.74, 6) is -1.68. The number of imidazole rings is 1. The zero-order valence-corrected chi connectivity index (χ0v) is 22.2. The van der Waals surface area contributed by atoms with Gasteiger partial charge in [0.05, 0.1) is 30.5 Å². The Bertz CT molecular complexity index is 1530. The van der Waals surface area contributed by atoms with Crippen LogP contribution in [0, 0.1) is 26.6 Å². The second kappa shape index (κ2) is 10.7. The number of ketones is 1. The molecule has 0 bridgehead atoms. The number of aromatic nitrogens is 2. The number of ether oxygens (including phenoxy) is 2. The number of aryl methyl sites for hydroxylation is 2. The van der Waals surface area contributed by atoms with Gasteiger partial charge in [-0.05, 0) is 67.6 Å². The number of nitrogens with zero attached hydrogens (tertiary/aromatic N) is 2. The Hall–Kier alpha value is -3.71. The Morgan fingerprint density at radius 2 is 1.81 bits per heavy atom. The molecule has 6 nitrogen and oxygen atoms in total. The first-order valence-corrected chi connectivity index (χ1v) is 12.4. The Morgan fingerprint density at radius 1 is 1.08 bits per heavy atom. The zero-order valence-electron chi connectivity index (χ0n) is 21.4. The number of methoxy groups -OCH3 is 1. The molecule has 0 spiro atoms. The molecular formula is C29H28ClFN2O4. The van der Waals surface area contributed by atoms with Crippen LogP contribution < -0.4 is 4.74 Å². The smallest absolute Gasteiger partial charge is 0.379 e. The highest BCUT2D eigenvalue weighted by Gasteiger charge is 2.26. The van der Waals surface area contributed by atoms with E-state index in [1.54, 1.807) is 17.5 Å². The zero-order chi connectivity index (χ0) is 26.9. The van der Waals surface area contributed by atoms with Crippen LogP contribution in [0.1, 0.15) is 46.8 Å². The lowest BCUT2D eigenvalue weighted by Crippen LogP contribution is -2.19. The van der Waals surface area contributed by atoms with E-state index in [2.05, 4.69) is 11.7 Å². The van der Waals surface area contributed by atoms with Crippen molar-refractivity contribution < 1.29 is 23.5 Å². The number of rotatable bonds is 8. The topological polar surface area (TPSA) is 69.9 Å². The van der Waals surface area contributed by atoms with Gasteiger partial charge in [-0.2, -0.15) is 0 Å². The first-order chi connectivity index (χ1) is 17.7. The normalized spacial score (nSPS) is 11.1. The molecule has 0 fully saturated rings. The largest absolute Gasteiger partial charge is 0.493 e. The summed E-state index contributed by atoms with van der Waals surface area (Å²) in [4.78, 5) is 29.3. The second-order valence-electron chi connectivity index (χ2n) is 8.96. The number of benzene rings is 2. The molecule has 0 unspecified atom stereocenters. The van der Waals surface area contributed by atoms with Gasteiger partial charge in [-0.15, -0.1) is 0 Å². The minimum absolute atomic E-state index is 0.0691. The first kappa shape index (κ1) is 26.4. The van der Waals surface area contributed by atoms with Gasteiger partial charge < -0.3 is 9.47 Å². The summed E-state index contributed by atoms with van der Waals surface area (Å²) in [6.45, 7) is 7.93. The predicted molar refractivity (Wildman–Crippen MR) is 142 cm³/mol. The summed E-state index contributed by atoms with van der Waals surface area (Å²) in [5, 5.41) is 0.0691. The number of esters is 1. The quantitative estimate of drug-likeness (QED) is 0.0825. The molecule has 0 saturated heterocycles. The minimum Gasteiger partial charge on any atom is -0.493 e. The van der Waals surface area contributed by atoms with Crippen molar-refractivity contribution in [3.8, 4) is 28.1 Å². The molecule has 0 aliphatic heterocycles. The summed E-state index contributed by atoms with van der Waals surface area (Å²) >= 11 is 6.59. The SMILES string of the molecule is CCCCOc1cc(C)cc(F)c1-c1cccc(-c2cn3c(Cl)c(C(=O)C(=O)OC)c(C)c(C)c3n2)c1. The van der Waals surface area contributed by atoms with Crippen molar-refractivity contribution in [1.29, 1.82) is 0 Å². The number of carbonyl (C=O) groups is 2. The summed E-state index contributed by atoms with van der Waals surface area (Å²) in [6, 6.07) is 10.7. The van der Waals surface area contributed by atoms with Crippen molar-refractivity contribution in [2.75, 3.05) is 13.7 Å². The maximum atomic E-state index is 15.2. The van der Waals surface area contributed by atoms with Gasteiger partial charge in [0.15, 0.2) is 0 Å². The third-order valence-corrected chi connectivity index (χ3v) is 6.77. The summed E-state index contributed by atoms with van der Waals surface area (Å²) in [6.07, 6.45) is 3.54. The highest BCUT2D eigenvalue weighted by Crippen LogP contribution is 2.37. The number of Topliss-reactive ketones (excluding diaryl/α,β-unsaturated/α-hetero) is 1. The van der Waals surface area contributed by atoms with Crippen LogP contribution in [-0.2, 0) is 9.53 Å². The number of unbranched alkanes of at least 4 members (excludes halogenated alkanes) is 1. The van der Waals surface area contributed by atoms with Gasteiger partial charge in [-0.3, -0.25) is 9.20 Å². The van der Waals surface area contributed by atoms with Crippen molar-refractivity contribution in [3.05, 3.63) is 75.8 Å². The van der Waals surface area contributed by atoms with Crippen LogP contribution >= 0.6 is 11.6 Å². The van der Waals surface area contributed by atoms with Gasteiger partial charge in [0.1, 0.15) is 22.4 Å². The van der Waals surface area contributed by atoms with Crippen molar-refractivity contribution in [2.24, 2.45) is 0 Å². The molecule has 0 N–H and O–H groups in total. The molecule has 4 rings (SSSR count). The minimum atomic E-state index is -0.992. The molecule has 0 atom stereocenters. The number of halogens is 2. The fourth-order valence-corrected chi connectivity index (χ4v) is 4.64. The first-order valence-electron chi connectivity index (χ1n) is 12.0. The van der Waals surface area contributed by atoms with Crippen LogP contribution in [0.25, 0.3) is 28.0 Å². The summed E-state index contributed by atoms with van der Waals surface area (Å²) < 4.78 is 27.3. The lowest BCUT2D eigenvalue weighted by Gasteiger charge is -2.14. The molecule has 0 radical (unpaired) electrons. The Kier molecular flexibility index (Phi) is 7.64. The summed E-state index contributed by atoms with van der Waals surface area (Å²) in [7, 11) is 1.15. The average Bonchev–Trinajstić information content (AvgIpc) is 3.33. The van der Waals surface area contributed by atoms with Crippen LogP contribution in [-0.4, -0.2) is 34.9 Å². The average molecular weight is 523 g/mol. The van der Waals surface area contributed by atoms with Crippen molar-refractivity contribution in [1.82, 2.24) is 9.38 Å². The van der Waals surface area contributed by atoms with E-state index in [1.165, 1.54) is 6.07 Å². The van der Waals surface area contributed by atoms with E-state index in [1.807, 2.05) is 44.2 Å². The molecule has 0 aliphatic rings. The molecule has 2 aromatic heterocycles. The molecule has 2 aromatic carbocycles. The molecular weight excluding hydrogens is 495 g/mol. The number of fused-ring (bicyclic) bond motifs is 1. The van der Waals surface area contributed by atoms with E-state index in [9.17, 15) is 9.59 Å². The molecule has 2 heterocycles. The standard InChI is InChI=1S/C29H28ClFN2O4/c1-6-7-11-37-23-13-16(2)12-21(31)25(23)20-10-8-9-19(14-20)22-15-33-27(30)24(26(34)29(35)36-5)17(3)18(4)28(33)32-22/h8-10,12-15H,6-7,11H2,1-5H3. The van der Waals surface area contributed by atoms with Gasteiger partial charge in [0, 0.05) is 11.8 Å². The molecule has 37 heavy (non-hydrogen) atoms. The highest BCUT2D eigenvalue weighted by atomic mass is 35.5. The van der Waals surface area contributed by atoms with Gasteiger partial charge >= 0.3 is 5.97 Å². The predicted octanol–water partition coefficient (Wildman–Crippen LogP) is 6.92. The maximum Gasteiger partial charge on any atom is 0.379 e. The van der Waals surface area contributed by atoms with E-state index in [-0.39, 0.29) is 16.5 Å². The van der Waals surface area contributed by atoms with Crippen molar-refractivity contribution >= 4 is 29.0 Å². The van der Waals surface area contributed by atoms with Crippen LogP contribution in [0.3, 0.4) is 0 Å². The number of carbonyl (C=O) groups excluding carboxylic acids is 2. The van der Waals surface area contributed by atoms with Gasteiger partial charge in [0.25, 0.3) is 5.78 Å². The Balaban J connectivity index is 1.83.